The molecule has 0 fully saturated rings. The van der Waals surface area contributed by atoms with Gasteiger partial charge < -0.3 is 9.84 Å². The Kier molecular flexibility index (Phi) is 4.48. The summed E-state index contributed by atoms with van der Waals surface area (Å²) in [6, 6.07) is 0. The molecular weight excluding hydrogens is 232 g/mol. The molecule has 0 amide bonds. The molecule has 1 aliphatic rings. The van der Waals surface area contributed by atoms with E-state index in [4.69, 9.17) is 4.74 Å². The largest absolute Gasteiger partial charge is 0.507 e. The maximum absolute atomic E-state index is 11.5. The van der Waals surface area contributed by atoms with Crippen molar-refractivity contribution in [2.75, 3.05) is 0 Å². The first-order chi connectivity index (χ1) is 8.40. The number of aliphatic hydroxyl groups excluding tert-OH is 1. The smallest absolute Gasteiger partial charge is 0.338 e. The van der Waals surface area contributed by atoms with E-state index in [0.29, 0.717) is 0 Å². The number of ketones is 1. The molecule has 98 valence electrons. The molecule has 0 saturated carbocycles. The number of rotatable bonds is 5. The molecule has 0 unspecified atom stereocenters. The molecule has 1 heterocycles. The van der Waals surface area contributed by atoms with E-state index in [2.05, 4.69) is 0 Å². The SMILES string of the molecule is C/C=C/C=C/C(=O)CC[C@]1(C)OC(=O)C(C)=C1O. The fourth-order valence-electron chi connectivity index (χ4n) is 1.71. The summed E-state index contributed by atoms with van der Waals surface area (Å²) in [6.45, 7) is 4.98. The Morgan fingerprint density at radius 3 is 2.61 bits per heavy atom. The zero-order chi connectivity index (χ0) is 13.8. The standard InChI is InChI=1S/C14H18O4/c1-4-5-6-7-11(15)8-9-14(3)12(16)10(2)13(17)18-14/h4-7,16H,8-9H2,1-3H3/b5-4+,7-6+/t14-/m0/s1. The molecule has 4 heteroatoms. The van der Waals surface area contributed by atoms with Gasteiger partial charge in [-0.25, -0.2) is 4.79 Å². The number of cyclic esters (lactones) is 1. The summed E-state index contributed by atoms with van der Waals surface area (Å²) in [7, 11) is 0. The van der Waals surface area contributed by atoms with Crippen molar-refractivity contribution in [1.82, 2.24) is 0 Å². The van der Waals surface area contributed by atoms with Crippen LogP contribution in [0, 0.1) is 0 Å². The van der Waals surface area contributed by atoms with E-state index >= 15 is 0 Å². The van der Waals surface area contributed by atoms with Crippen molar-refractivity contribution in [3.8, 4) is 0 Å². The molecule has 18 heavy (non-hydrogen) atoms. The summed E-state index contributed by atoms with van der Waals surface area (Å²) >= 11 is 0. The van der Waals surface area contributed by atoms with E-state index in [1.54, 1.807) is 19.1 Å². The molecule has 1 aliphatic heterocycles. The van der Waals surface area contributed by atoms with Gasteiger partial charge in [-0.1, -0.05) is 18.2 Å². The van der Waals surface area contributed by atoms with Crippen LogP contribution >= 0.6 is 0 Å². The average Bonchev–Trinajstić information content (AvgIpc) is 2.52. The zero-order valence-corrected chi connectivity index (χ0v) is 10.9. The van der Waals surface area contributed by atoms with Gasteiger partial charge in [-0.3, -0.25) is 4.79 Å². The van der Waals surface area contributed by atoms with Crippen LogP contribution in [0.2, 0.25) is 0 Å². The molecule has 4 nitrogen and oxygen atoms in total. The number of esters is 1. The molecule has 0 bridgehead atoms. The van der Waals surface area contributed by atoms with E-state index < -0.39 is 11.6 Å². The van der Waals surface area contributed by atoms with Gasteiger partial charge in [-0.15, -0.1) is 0 Å². The second kappa shape index (κ2) is 5.67. The quantitative estimate of drug-likeness (QED) is 0.463. The van der Waals surface area contributed by atoms with Gasteiger partial charge in [0, 0.05) is 12.8 Å². The second-order valence-electron chi connectivity index (χ2n) is 4.45. The lowest BCUT2D eigenvalue weighted by atomic mass is 9.95. The Bertz CT molecular complexity index is 443. The van der Waals surface area contributed by atoms with Crippen molar-refractivity contribution < 1.29 is 19.4 Å². The highest BCUT2D eigenvalue weighted by atomic mass is 16.6. The second-order valence-corrected chi connectivity index (χ2v) is 4.45. The Morgan fingerprint density at radius 2 is 2.11 bits per heavy atom. The zero-order valence-electron chi connectivity index (χ0n) is 10.9. The Balaban J connectivity index is 2.59. The average molecular weight is 250 g/mol. The lowest BCUT2D eigenvalue weighted by Crippen LogP contribution is -2.28. The molecule has 0 aliphatic carbocycles. The van der Waals surface area contributed by atoms with Crippen molar-refractivity contribution in [2.45, 2.75) is 39.2 Å². The van der Waals surface area contributed by atoms with Crippen LogP contribution in [0.4, 0.5) is 0 Å². The number of carbonyl (C=O) groups is 2. The Morgan fingerprint density at radius 1 is 1.44 bits per heavy atom. The fourth-order valence-corrected chi connectivity index (χ4v) is 1.71. The number of allylic oxidation sites excluding steroid dienone is 4. The number of ether oxygens (including phenoxy) is 1. The molecule has 0 spiro atoms. The van der Waals surface area contributed by atoms with Crippen molar-refractivity contribution in [1.29, 1.82) is 0 Å². The molecule has 1 atom stereocenters. The predicted molar refractivity (Wildman–Crippen MR) is 68.0 cm³/mol. The summed E-state index contributed by atoms with van der Waals surface area (Å²) in [6.07, 6.45) is 7.20. The van der Waals surface area contributed by atoms with Crippen molar-refractivity contribution in [2.24, 2.45) is 0 Å². The van der Waals surface area contributed by atoms with Gasteiger partial charge in [-0.05, 0) is 26.8 Å². The predicted octanol–water partition coefficient (Wildman–Crippen LogP) is 2.62. The van der Waals surface area contributed by atoms with Gasteiger partial charge in [0.2, 0.25) is 0 Å². The van der Waals surface area contributed by atoms with Crippen LogP contribution in [-0.2, 0) is 14.3 Å². The maximum atomic E-state index is 11.5. The summed E-state index contributed by atoms with van der Waals surface area (Å²) in [5, 5.41) is 9.81. The number of carbonyl (C=O) groups excluding carboxylic acids is 2. The van der Waals surface area contributed by atoms with E-state index in [1.807, 2.05) is 13.0 Å². The topological polar surface area (TPSA) is 63.6 Å². The molecule has 1 N–H and O–H groups in total. The lowest BCUT2D eigenvalue weighted by Gasteiger charge is -2.22. The lowest BCUT2D eigenvalue weighted by molar-refractivity contribution is -0.148. The van der Waals surface area contributed by atoms with Crippen LogP contribution in [0.5, 0.6) is 0 Å². The van der Waals surface area contributed by atoms with Crippen LogP contribution in [-0.4, -0.2) is 22.5 Å². The van der Waals surface area contributed by atoms with Crippen LogP contribution in [0.1, 0.15) is 33.6 Å². The van der Waals surface area contributed by atoms with E-state index in [1.165, 1.54) is 13.0 Å². The van der Waals surface area contributed by atoms with Crippen molar-refractivity contribution in [3.63, 3.8) is 0 Å². The molecular formula is C14H18O4. The van der Waals surface area contributed by atoms with Gasteiger partial charge in [0.1, 0.15) is 5.76 Å². The number of aliphatic hydroxyl groups is 1. The highest BCUT2D eigenvalue weighted by molar-refractivity contribution is 5.92. The third kappa shape index (κ3) is 3.09. The third-order valence-electron chi connectivity index (χ3n) is 2.91. The van der Waals surface area contributed by atoms with E-state index in [0.717, 1.165) is 0 Å². The van der Waals surface area contributed by atoms with Crippen LogP contribution in [0.15, 0.2) is 35.6 Å². The molecule has 0 aromatic heterocycles. The minimum atomic E-state index is -1.06. The first-order valence-electron chi connectivity index (χ1n) is 5.86. The molecule has 0 aromatic rings. The first kappa shape index (κ1) is 14.2. The minimum Gasteiger partial charge on any atom is -0.507 e. The van der Waals surface area contributed by atoms with Gasteiger partial charge in [-0.2, -0.15) is 0 Å². The third-order valence-corrected chi connectivity index (χ3v) is 2.91. The highest BCUT2D eigenvalue weighted by Gasteiger charge is 2.42. The van der Waals surface area contributed by atoms with Crippen LogP contribution < -0.4 is 0 Å². The monoisotopic (exact) mass is 250 g/mol. The maximum Gasteiger partial charge on any atom is 0.338 e. The van der Waals surface area contributed by atoms with Crippen LogP contribution in [0.25, 0.3) is 0 Å². The van der Waals surface area contributed by atoms with Gasteiger partial charge in [0.05, 0.1) is 5.57 Å². The van der Waals surface area contributed by atoms with Gasteiger partial charge >= 0.3 is 5.97 Å². The Labute approximate surface area is 107 Å². The minimum absolute atomic E-state index is 0.0669. The van der Waals surface area contributed by atoms with Gasteiger partial charge in [0.15, 0.2) is 11.4 Å². The van der Waals surface area contributed by atoms with Crippen LogP contribution in [0.3, 0.4) is 0 Å². The fraction of sp³-hybridized carbons (Fsp3) is 0.429. The molecule has 0 saturated heterocycles. The summed E-state index contributed by atoms with van der Waals surface area (Å²) in [4.78, 5) is 22.8. The summed E-state index contributed by atoms with van der Waals surface area (Å²) in [5.74, 6) is -0.660. The normalized spacial score (nSPS) is 24.3. The number of hydrogen-bond acceptors (Lipinski definition) is 4. The van der Waals surface area contributed by atoms with Crippen molar-refractivity contribution in [3.05, 3.63) is 35.6 Å². The van der Waals surface area contributed by atoms with Crippen molar-refractivity contribution >= 4 is 11.8 Å². The highest BCUT2D eigenvalue weighted by Crippen LogP contribution is 2.34. The Hall–Kier alpha value is -1.84. The van der Waals surface area contributed by atoms with Gasteiger partial charge in [0.25, 0.3) is 0 Å². The molecule has 0 aromatic carbocycles. The van der Waals surface area contributed by atoms with E-state index in [9.17, 15) is 14.7 Å². The molecule has 1 rings (SSSR count). The summed E-state index contributed by atoms with van der Waals surface area (Å²) in [5.41, 5.74) is -0.847. The first-order valence-corrected chi connectivity index (χ1v) is 5.86. The summed E-state index contributed by atoms with van der Waals surface area (Å²) < 4.78 is 5.10. The molecule has 0 radical (unpaired) electrons. The number of hydrogen-bond donors (Lipinski definition) is 1. The van der Waals surface area contributed by atoms with E-state index in [-0.39, 0.29) is 30.0 Å².